The van der Waals surface area contributed by atoms with E-state index < -0.39 is 0 Å². The number of aryl methyl sites for hydroxylation is 1. The Kier molecular flexibility index (Phi) is 8.71. The van der Waals surface area contributed by atoms with Crippen LogP contribution < -0.4 is 10.6 Å². The summed E-state index contributed by atoms with van der Waals surface area (Å²) >= 11 is 0. The summed E-state index contributed by atoms with van der Waals surface area (Å²) in [6, 6.07) is 7.84. The molecule has 1 aromatic rings. The Balaban J connectivity index is 0.00000137. The van der Waals surface area contributed by atoms with E-state index in [2.05, 4.69) is 17.6 Å². The van der Waals surface area contributed by atoms with E-state index in [0.717, 1.165) is 18.5 Å². The summed E-state index contributed by atoms with van der Waals surface area (Å²) in [6.07, 6.45) is 2.08. The molecule has 0 saturated heterocycles. The predicted octanol–water partition coefficient (Wildman–Crippen LogP) is 4.33. The highest BCUT2D eigenvalue weighted by Crippen LogP contribution is 2.08. The molecule has 0 heterocycles. The van der Waals surface area contributed by atoms with E-state index in [0.29, 0.717) is 0 Å². The third-order valence-electron chi connectivity index (χ3n) is 2.41. The van der Waals surface area contributed by atoms with Crippen LogP contribution in [0.25, 0.3) is 0 Å². The second kappa shape index (κ2) is 9.51. The average molecular weight is 250 g/mol. The average Bonchev–Trinajstić information content (AvgIpc) is 2.35. The van der Waals surface area contributed by atoms with E-state index in [-0.39, 0.29) is 12.1 Å². The maximum Gasteiger partial charge on any atom is 0.319 e. The molecule has 0 spiro atoms. The topological polar surface area (TPSA) is 41.1 Å². The summed E-state index contributed by atoms with van der Waals surface area (Å²) < 4.78 is 0. The summed E-state index contributed by atoms with van der Waals surface area (Å²) in [7, 11) is 0. The fraction of sp³-hybridized carbons (Fsp3) is 0.533. The monoisotopic (exact) mass is 250 g/mol. The molecule has 0 saturated carbocycles. The Morgan fingerprint density at radius 2 is 1.78 bits per heavy atom. The van der Waals surface area contributed by atoms with Crippen molar-refractivity contribution >= 4 is 11.7 Å². The molecule has 3 heteroatoms. The molecule has 0 aliphatic rings. The number of amides is 2. The smallest absolute Gasteiger partial charge is 0.319 e. The van der Waals surface area contributed by atoms with Crippen LogP contribution in [-0.4, -0.2) is 12.1 Å². The van der Waals surface area contributed by atoms with E-state index in [1.165, 1.54) is 5.56 Å². The first-order valence-electron chi connectivity index (χ1n) is 6.76. The van der Waals surface area contributed by atoms with Crippen molar-refractivity contribution in [2.75, 3.05) is 5.32 Å². The van der Waals surface area contributed by atoms with Gasteiger partial charge in [-0.25, -0.2) is 4.79 Å². The Labute approximate surface area is 111 Å². The third kappa shape index (κ3) is 6.94. The van der Waals surface area contributed by atoms with Crippen LogP contribution in [0.4, 0.5) is 10.5 Å². The zero-order chi connectivity index (χ0) is 14.0. The lowest BCUT2D eigenvalue weighted by atomic mass is 10.2. The lowest BCUT2D eigenvalue weighted by Crippen LogP contribution is -2.35. The minimum Gasteiger partial charge on any atom is -0.335 e. The lowest BCUT2D eigenvalue weighted by molar-refractivity contribution is 0.248. The molecule has 0 aromatic heterocycles. The molecule has 0 fully saturated rings. The van der Waals surface area contributed by atoms with E-state index in [1.54, 1.807) is 0 Å². The van der Waals surface area contributed by atoms with E-state index in [1.807, 2.05) is 52.0 Å². The summed E-state index contributed by atoms with van der Waals surface area (Å²) in [5.74, 6) is 0. The molecule has 2 N–H and O–H groups in total. The van der Waals surface area contributed by atoms with Crippen molar-refractivity contribution in [3.8, 4) is 0 Å². The number of urea groups is 1. The van der Waals surface area contributed by atoms with Gasteiger partial charge in [0.2, 0.25) is 0 Å². The summed E-state index contributed by atoms with van der Waals surface area (Å²) in [5.41, 5.74) is 2.01. The largest absolute Gasteiger partial charge is 0.335 e. The number of hydrogen-bond donors (Lipinski definition) is 2. The van der Waals surface area contributed by atoms with Crippen molar-refractivity contribution in [2.45, 2.75) is 53.5 Å². The minimum absolute atomic E-state index is 0.134. The SMILES string of the molecule is CC.CCCC(C)NC(=O)Nc1ccc(C)cc1. The van der Waals surface area contributed by atoms with Gasteiger partial charge < -0.3 is 10.6 Å². The van der Waals surface area contributed by atoms with Gasteiger partial charge in [-0.1, -0.05) is 44.9 Å². The molecule has 0 aliphatic carbocycles. The normalized spacial score (nSPS) is 10.9. The molecule has 2 amide bonds. The van der Waals surface area contributed by atoms with Gasteiger partial charge in [0.15, 0.2) is 0 Å². The van der Waals surface area contributed by atoms with E-state index in [4.69, 9.17) is 0 Å². The molecule has 0 aliphatic heterocycles. The maximum atomic E-state index is 11.6. The van der Waals surface area contributed by atoms with Crippen molar-refractivity contribution < 1.29 is 4.79 Å². The molecule has 0 bridgehead atoms. The molecule has 1 rings (SSSR count). The number of carbonyl (C=O) groups is 1. The van der Waals surface area contributed by atoms with E-state index in [9.17, 15) is 4.79 Å². The Morgan fingerprint density at radius 3 is 2.28 bits per heavy atom. The predicted molar refractivity (Wildman–Crippen MR) is 79.1 cm³/mol. The maximum absolute atomic E-state index is 11.6. The molecule has 1 unspecified atom stereocenters. The summed E-state index contributed by atoms with van der Waals surface area (Å²) in [4.78, 5) is 11.6. The van der Waals surface area contributed by atoms with Crippen molar-refractivity contribution in [2.24, 2.45) is 0 Å². The van der Waals surface area contributed by atoms with Crippen LogP contribution in [0.3, 0.4) is 0 Å². The number of benzene rings is 1. The van der Waals surface area contributed by atoms with Gasteiger partial charge in [-0.15, -0.1) is 0 Å². The van der Waals surface area contributed by atoms with Gasteiger partial charge in [-0.2, -0.15) is 0 Å². The van der Waals surface area contributed by atoms with Gasteiger partial charge in [0.1, 0.15) is 0 Å². The van der Waals surface area contributed by atoms with Gasteiger partial charge >= 0.3 is 6.03 Å². The summed E-state index contributed by atoms with van der Waals surface area (Å²) in [5, 5.41) is 5.70. The molecule has 1 atom stereocenters. The first-order chi connectivity index (χ1) is 8.61. The van der Waals surface area contributed by atoms with Crippen LogP contribution >= 0.6 is 0 Å². The van der Waals surface area contributed by atoms with Crippen LogP contribution in [0.5, 0.6) is 0 Å². The summed E-state index contributed by atoms with van der Waals surface area (Å²) in [6.45, 7) is 10.1. The van der Waals surface area contributed by atoms with Gasteiger partial charge in [0.25, 0.3) is 0 Å². The second-order valence-electron chi connectivity index (χ2n) is 4.15. The third-order valence-corrected chi connectivity index (χ3v) is 2.41. The van der Waals surface area contributed by atoms with Crippen molar-refractivity contribution in [3.63, 3.8) is 0 Å². The quantitative estimate of drug-likeness (QED) is 0.820. The van der Waals surface area contributed by atoms with Crippen LogP contribution in [0.2, 0.25) is 0 Å². The Morgan fingerprint density at radius 1 is 1.22 bits per heavy atom. The van der Waals surface area contributed by atoms with Crippen LogP contribution in [0, 0.1) is 6.92 Å². The zero-order valence-corrected chi connectivity index (χ0v) is 12.2. The first-order valence-corrected chi connectivity index (χ1v) is 6.76. The number of nitrogens with one attached hydrogen (secondary N) is 2. The second-order valence-corrected chi connectivity index (χ2v) is 4.15. The molecular formula is C15H26N2O. The number of anilines is 1. The van der Waals surface area contributed by atoms with Crippen molar-refractivity contribution in [1.82, 2.24) is 5.32 Å². The molecule has 3 nitrogen and oxygen atoms in total. The van der Waals surface area contributed by atoms with E-state index >= 15 is 0 Å². The minimum atomic E-state index is -0.134. The van der Waals surface area contributed by atoms with Crippen LogP contribution in [-0.2, 0) is 0 Å². The number of rotatable bonds is 4. The van der Waals surface area contributed by atoms with Crippen LogP contribution in [0.15, 0.2) is 24.3 Å². The number of hydrogen-bond acceptors (Lipinski definition) is 1. The molecular weight excluding hydrogens is 224 g/mol. The van der Waals surface area contributed by atoms with Gasteiger partial charge in [0, 0.05) is 11.7 Å². The first kappa shape index (κ1) is 16.5. The van der Waals surface area contributed by atoms with Gasteiger partial charge in [-0.05, 0) is 32.4 Å². The fourth-order valence-electron chi connectivity index (χ4n) is 1.53. The zero-order valence-electron chi connectivity index (χ0n) is 12.2. The van der Waals surface area contributed by atoms with Crippen molar-refractivity contribution in [1.29, 1.82) is 0 Å². The molecule has 18 heavy (non-hydrogen) atoms. The molecule has 1 aromatic carbocycles. The van der Waals surface area contributed by atoms with Gasteiger partial charge in [-0.3, -0.25) is 0 Å². The highest BCUT2D eigenvalue weighted by molar-refractivity contribution is 5.89. The van der Waals surface area contributed by atoms with Crippen molar-refractivity contribution in [3.05, 3.63) is 29.8 Å². The molecule has 102 valence electrons. The number of carbonyl (C=O) groups excluding carboxylic acids is 1. The van der Waals surface area contributed by atoms with Crippen LogP contribution in [0.1, 0.15) is 46.1 Å². The fourth-order valence-corrected chi connectivity index (χ4v) is 1.53. The Hall–Kier alpha value is -1.51. The highest BCUT2D eigenvalue weighted by atomic mass is 16.2. The Bertz CT molecular complexity index is 333. The highest BCUT2D eigenvalue weighted by Gasteiger charge is 2.05. The van der Waals surface area contributed by atoms with Gasteiger partial charge in [0.05, 0.1) is 0 Å². The standard InChI is InChI=1S/C13H20N2O.C2H6/c1-4-5-11(3)14-13(16)15-12-8-6-10(2)7-9-12;1-2/h6-9,11H,4-5H2,1-3H3,(H2,14,15,16);1-2H3. The lowest BCUT2D eigenvalue weighted by Gasteiger charge is -2.13. The molecule has 0 radical (unpaired) electrons.